The van der Waals surface area contributed by atoms with E-state index in [0.29, 0.717) is 0 Å². The van der Waals surface area contributed by atoms with Crippen molar-refractivity contribution in [1.29, 1.82) is 0 Å². The quantitative estimate of drug-likeness (QED) is 0.631. The van der Waals surface area contributed by atoms with E-state index in [1.165, 1.54) is 25.7 Å². The Morgan fingerprint density at radius 3 is 1.10 bits per heavy atom. The van der Waals surface area contributed by atoms with Gasteiger partial charge in [0.2, 0.25) is 0 Å². The highest BCUT2D eigenvalue weighted by molar-refractivity contribution is 4.29. The molecule has 0 aliphatic carbocycles. The number of rotatable bonds is 4. The smallest absolute Gasteiger partial charge is 0.00774 e. The Bertz CT molecular complexity index is 28.2. The van der Waals surface area contributed by atoms with E-state index >= 15 is 0 Å². The summed E-state index contributed by atoms with van der Waals surface area (Å²) in [6.07, 6.45) is 4.77. The normalized spacial score (nSPS) is 8.40. The summed E-state index contributed by atoms with van der Waals surface area (Å²) in [5, 5.41) is 0. The van der Waals surface area contributed by atoms with Gasteiger partial charge in [0.25, 0.3) is 0 Å². The summed E-state index contributed by atoms with van der Waals surface area (Å²) in [6.45, 7) is 5.95. The summed E-state index contributed by atoms with van der Waals surface area (Å²) < 4.78 is 0. The summed E-state index contributed by atoms with van der Waals surface area (Å²) in [5.74, 6) is 0. The minimum Gasteiger partial charge on any atom is -0.330 e. The van der Waals surface area contributed by atoms with Crippen molar-refractivity contribution < 1.29 is 0 Å². The fourth-order valence-corrected chi connectivity index (χ4v) is 0.408. The number of hydrogen-bond acceptors (Lipinski definition) is 2. The first kappa shape index (κ1) is 12.6. The fraction of sp³-hybridized carbons (Fsp3) is 1.00. The Kier molecular flexibility index (Phi) is 20.1. The van der Waals surface area contributed by atoms with Gasteiger partial charge in [0, 0.05) is 0 Å². The third kappa shape index (κ3) is 24.7. The van der Waals surface area contributed by atoms with Gasteiger partial charge in [-0.2, -0.15) is 0 Å². The van der Waals surface area contributed by atoms with E-state index in [2.05, 4.69) is 13.8 Å². The van der Waals surface area contributed by atoms with E-state index in [4.69, 9.17) is 11.5 Å². The van der Waals surface area contributed by atoms with Crippen LogP contribution in [0.15, 0.2) is 0 Å². The minimum absolute atomic E-state index is 0.844. The maximum absolute atomic E-state index is 5.14. The molecule has 0 heterocycles. The molecule has 0 fully saturated rings. The maximum atomic E-state index is 5.14. The summed E-state index contributed by atoms with van der Waals surface area (Å²) >= 11 is 0. The average molecular weight is 146 g/mol. The van der Waals surface area contributed by atoms with Gasteiger partial charge in [0.1, 0.15) is 0 Å². The predicted octanol–water partition coefficient (Wildman–Crippen LogP) is 1.49. The molecule has 0 aromatic heterocycles. The Labute approximate surface area is 65.0 Å². The van der Waals surface area contributed by atoms with Gasteiger partial charge >= 0.3 is 0 Å². The van der Waals surface area contributed by atoms with E-state index < -0.39 is 0 Å². The molecule has 0 amide bonds. The van der Waals surface area contributed by atoms with Crippen LogP contribution in [0.3, 0.4) is 0 Å². The lowest BCUT2D eigenvalue weighted by atomic mass is 10.3. The highest BCUT2D eigenvalue weighted by atomic mass is 14.5. The zero-order chi connectivity index (χ0) is 8.24. The zero-order valence-corrected chi connectivity index (χ0v) is 7.40. The van der Waals surface area contributed by atoms with Gasteiger partial charge in [-0.25, -0.2) is 0 Å². The van der Waals surface area contributed by atoms with Crippen molar-refractivity contribution in [2.45, 2.75) is 39.5 Å². The highest BCUT2D eigenvalue weighted by Crippen LogP contribution is 1.77. The summed E-state index contributed by atoms with van der Waals surface area (Å²) in [5.41, 5.74) is 10.3. The van der Waals surface area contributed by atoms with Crippen LogP contribution in [0.4, 0.5) is 0 Å². The summed E-state index contributed by atoms with van der Waals surface area (Å²) in [7, 11) is 0. The molecule has 0 aliphatic heterocycles. The monoisotopic (exact) mass is 146 g/mol. The van der Waals surface area contributed by atoms with Crippen LogP contribution in [0.1, 0.15) is 39.5 Å². The second kappa shape index (κ2) is 16.0. The number of hydrogen-bond donors (Lipinski definition) is 2. The molecule has 64 valence electrons. The lowest BCUT2D eigenvalue weighted by molar-refractivity contribution is 0.807. The van der Waals surface area contributed by atoms with Gasteiger partial charge in [-0.3, -0.25) is 0 Å². The van der Waals surface area contributed by atoms with Gasteiger partial charge < -0.3 is 11.5 Å². The molecule has 0 unspecified atom stereocenters. The molecule has 0 radical (unpaired) electrons. The van der Waals surface area contributed by atoms with Crippen LogP contribution < -0.4 is 11.5 Å². The molecule has 0 saturated heterocycles. The Morgan fingerprint density at radius 1 is 0.800 bits per heavy atom. The minimum atomic E-state index is 0.844. The first-order chi connectivity index (χ1) is 4.83. The first-order valence-electron chi connectivity index (χ1n) is 4.23. The summed E-state index contributed by atoms with van der Waals surface area (Å²) in [4.78, 5) is 0. The molecule has 4 N–H and O–H groups in total. The molecule has 2 heteroatoms. The van der Waals surface area contributed by atoms with E-state index in [0.717, 1.165) is 13.1 Å². The van der Waals surface area contributed by atoms with Gasteiger partial charge in [0.05, 0.1) is 0 Å². The molecule has 0 saturated carbocycles. The van der Waals surface area contributed by atoms with E-state index in [-0.39, 0.29) is 0 Å². The van der Waals surface area contributed by atoms with Crippen molar-refractivity contribution in [3.63, 3.8) is 0 Å². The molecular formula is C8H22N2. The Balaban J connectivity index is 0. The third-order valence-electron chi connectivity index (χ3n) is 1.12. The van der Waals surface area contributed by atoms with Crippen LogP contribution in [-0.2, 0) is 0 Å². The van der Waals surface area contributed by atoms with Crippen LogP contribution >= 0.6 is 0 Å². The van der Waals surface area contributed by atoms with Crippen molar-refractivity contribution in [3.05, 3.63) is 0 Å². The van der Waals surface area contributed by atoms with Crippen LogP contribution in [0.25, 0.3) is 0 Å². The van der Waals surface area contributed by atoms with Crippen LogP contribution in [0, 0.1) is 0 Å². The standard InChI is InChI=1S/2C4H11N/c2*1-2-3-4-5/h2*2-5H2,1H3. The average Bonchev–Trinajstić information content (AvgIpc) is 1.93. The molecule has 2 nitrogen and oxygen atoms in total. The lowest BCUT2D eigenvalue weighted by Crippen LogP contribution is -1.95. The molecule has 0 bridgehead atoms. The molecule has 10 heavy (non-hydrogen) atoms. The second-order valence-electron chi connectivity index (χ2n) is 2.28. The Morgan fingerprint density at radius 2 is 1.10 bits per heavy atom. The van der Waals surface area contributed by atoms with E-state index in [1.807, 2.05) is 0 Å². The Hall–Kier alpha value is -0.0800. The van der Waals surface area contributed by atoms with Crippen molar-refractivity contribution in [2.75, 3.05) is 13.1 Å². The van der Waals surface area contributed by atoms with Gasteiger partial charge in [-0.15, -0.1) is 0 Å². The lowest BCUT2D eigenvalue weighted by Gasteiger charge is -1.80. The van der Waals surface area contributed by atoms with Crippen LogP contribution in [-0.4, -0.2) is 13.1 Å². The topological polar surface area (TPSA) is 52.0 Å². The number of unbranched alkanes of at least 4 members (excludes halogenated alkanes) is 2. The van der Waals surface area contributed by atoms with Crippen LogP contribution in [0.2, 0.25) is 0 Å². The molecule has 0 rings (SSSR count). The second-order valence-corrected chi connectivity index (χ2v) is 2.28. The summed E-state index contributed by atoms with van der Waals surface area (Å²) in [6, 6.07) is 0. The molecular weight excluding hydrogens is 124 g/mol. The molecule has 0 aromatic rings. The van der Waals surface area contributed by atoms with Crippen LogP contribution in [0.5, 0.6) is 0 Å². The largest absolute Gasteiger partial charge is 0.330 e. The van der Waals surface area contributed by atoms with E-state index in [9.17, 15) is 0 Å². The van der Waals surface area contributed by atoms with Crippen molar-refractivity contribution in [3.8, 4) is 0 Å². The molecule has 0 aromatic carbocycles. The van der Waals surface area contributed by atoms with Gasteiger partial charge in [-0.1, -0.05) is 26.7 Å². The SMILES string of the molecule is CCCCN.CCCCN. The van der Waals surface area contributed by atoms with Crippen molar-refractivity contribution >= 4 is 0 Å². The van der Waals surface area contributed by atoms with Gasteiger partial charge in [-0.05, 0) is 25.9 Å². The number of nitrogens with two attached hydrogens (primary N) is 2. The zero-order valence-electron chi connectivity index (χ0n) is 7.40. The molecule has 0 atom stereocenters. The van der Waals surface area contributed by atoms with E-state index in [1.54, 1.807) is 0 Å². The first-order valence-corrected chi connectivity index (χ1v) is 4.23. The maximum Gasteiger partial charge on any atom is -0.00774 e. The van der Waals surface area contributed by atoms with Gasteiger partial charge in [0.15, 0.2) is 0 Å². The highest BCUT2D eigenvalue weighted by Gasteiger charge is 1.68. The van der Waals surface area contributed by atoms with Crippen molar-refractivity contribution in [1.82, 2.24) is 0 Å². The van der Waals surface area contributed by atoms with Crippen molar-refractivity contribution in [2.24, 2.45) is 11.5 Å². The fourth-order valence-electron chi connectivity index (χ4n) is 0.408. The molecule has 0 spiro atoms. The predicted molar refractivity (Wildman–Crippen MR) is 47.9 cm³/mol. The molecule has 0 aliphatic rings. The third-order valence-corrected chi connectivity index (χ3v) is 1.12.